The molecule has 0 atom stereocenters. The molecular weight excluding hydrogens is 220 g/mol. The van der Waals surface area contributed by atoms with Gasteiger partial charge in [0.1, 0.15) is 0 Å². The smallest absolute Gasteiger partial charge is 0.0237 e. The Balaban J connectivity index is 2.48. The second-order valence-electron chi connectivity index (χ2n) is 3.72. The van der Waals surface area contributed by atoms with E-state index in [1.807, 2.05) is 12.1 Å². The van der Waals surface area contributed by atoms with Crippen LogP contribution in [-0.4, -0.2) is 24.5 Å². The van der Waals surface area contributed by atoms with Gasteiger partial charge < -0.3 is 5.73 Å². The monoisotopic (exact) mass is 238 g/mol. The van der Waals surface area contributed by atoms with Crippen molar-refractivity contribution in [2.75, 3.05) is 19.6 Å². The average molecular weight is 239 g/mol. The highest BCUT2D eigenvalue weighted by atomic mass is 35.5. The van der Waals surface area contributed by atoms with Crippen molar-refractivity contribution in [2.24, 2.45) is 5.73 Å². The van der Waals surface area contributed by atoms with Crippen LogP contribution in [0, 0.1) is 0 Å². The molecule has 0 saturated heterocycles. The van der Waals surface area contributed by atoms with Crippen molar-refractivity contribution in [1.29, 1.82) is 0 Å². The summed E-state index contributed by atoms with van der Waals surface area (Å²) in [6.45, 7) is 3.56. The van der Waals surface area contributed by atoms with E-state index in [1.165, 1.54) is 5.56 Å². The van der Waals surface area contributed by atoms with Gasteiger partial charge >= 0.3 is 0 Å². The first-order valence-electron chi connectivity index (χ1n) is 5.58. The lowest BCUT2D eigenvalue weighted by Gasteiger charge is -2.20. The number of nitrogens with two attached hydrogens (primary N) is 1. The molecule has 2 N–H and O–H groups in total. The fourth-order valence-corrected chi connectivity index (χ4v) is 1.66. The van der Waals surface area contributed by atoms with Crippen molar-refractivity contribution < 1.29 is 0 Å². The second kappa shape index (κ2) is 8.34. The van der Waals surface area contributed by atoms with Gasteiger partial charge in [0.25, 0.3) is 0 Å². The highest BCUT2D eigenvalue weighted by Gasteiger charge is 2.03. The van der Waals surface area contributed by atoms with Gasteiger partial charge in [-0.3, -0.25) is 4.90 Å². The minimum Gasteiger partial charge on any atom is -0.330 e. The summed E-state index contributed by atoms with van der Waals surface area (Å²) < 4.78 is 0. The molecule has 1 aromatic carbocycles. The van der Waals surface area contributed by atoms with Crippen molar-refractivity contribution in [3.05, 3.63) is 47.5 Å². The molecular formula is C13H19ClN2. The number of hydrogen-bond donors (Lipinski definition) is 1. The fourth-order valence-electron chi connectivity index (χ4n) is 1.58. The van der Waals surface area contributed by atoms with Crippen molar-refractivity contribution in [3.8, 4) is 0 Å². The highest BCUT2D eigenvalue weighted by molar-refractivity contribution is 6.25. The zero-order chi connectivity index (χ0) is 11.6. The van der Waals surface area contributed by atoms with Gasteiger partial charge in [-0.05, 0) is 18.5 Å². The summed E-state index contributed by atoms with van der Waals surface area (Å²) in [6, 6.07) is 10.4. The van der Waals surface area contributed by atoms with Gasteiger partial charge in [-0.25, -0.2) is 0 Å². The van der Waals surface area contributed by atoms with Gasteiger partial charge in [-0.1, -0.05) is 48.0 Å². The first-order valence-corrected chi connectivity index (χ1v) is 6.02. The predicted molar refractivity (Wildman–Crippen MR) is 70.4 cm³/mol. The normalized spacial score (nSPS) is 11.4. The van der Waals surface area contributed by atoms with E-state index in [1.54, 1.807) is 5.54 Å². The van der Waals surface area contributed by atoms with E-state index >= 15 is 0 Å². The summed E-state index contributed by atoms with van der Waals surface area (Å²) in [6.07, 6.45) is 2.98. The zero-order valence-electron chi connectivity index (χ0n) is 9.48. The molecule has 0 fully saturated rings. The molecule has 3 heteroatoms. The Bertz CT molecular complexity index is 298. The first kappa shape index (κ1) is 13.2. The summed E-state index contributed by atoms with van der Waals surface area (Å²) >= 11 is 5.55. The van der Waals surface area contributed by atoms with E-state index in [0.29, 0.717) is 0 Å². The molecule has 0 bridgehead atoms. The van der Waals surface area contributed by atoms with Crippen LogP contribution >= 0.6 is 11.6 Å². The molecule has 1 aromatic rings. The van der Waals surface area contributed by atoms with Crippen LogP contribution in [0.15, 0.2) is 41.9 Å². The van der Waals surface area contributed by atoms with Crippen LogP contribution in [0.5, 0.6) is 0 Å². The van der Waals surface area contributed by atoms with Crippen LogP contribution < -0.4 is 5.73 Å². The largest absolute Gasteiger partial charge is 0.330 e. The van der Waals surface area contributed by atoms with Crippen LogP contribution in [0.25, 0.3) is 0 Å². The lowest BCUT2D eigenvalue weighted by atomic mass is 10.2. The van der Waals surface area contributed by atoms with Crippen LogP contribution in [-0.2, 0) is 6.54 Å². The SMILES string of the molecule is NCCCN(C/C=C/Cl)Cc1ccccc1. The van der Waals surface area contributed by atoms with Crippen LogP contribution in [0.3, 0.4) is 0 Å². The zero-order valence-corrected chi connectivity index (χ0v) is 10.2. The molecule has 0 aliphatic carbocycles. The van der Waals surface area contributed by atoms with Gasteiger partial charge in [-0.2, -0.15) is 0 Å². The third kappa shape index (κ3) is 5.31. The highest BCUT2D eigenvalue weighted by Crippen LogP contribution is 2.05. The van der Waals surface area contributed by atoms with E-state index in [0.717, 1.165) is 32.6 Å². The van der Waals surface area contributed by atoms with Gasteiger partial charge in [0.2, 0.25) is 0 Å². The molecule has 88 valence electrons. The summed E-state index contributed by atoms with van der Waals surface area (Å²) in [4.78, 5) is 2.33. The molecule has 2 nitrogen and oxygen atoms in total. The molecule has 1 rings (SSSR count). The number of nitrogens with zero attached hydrogens (tertiary/aromatic N) is 1. The Labute approximate surface area is 103 Å². The van der Waals surface area contributed by atoms with E-state index in [2.05, 4.69) is 29.2 Å². The van der Waals surface area contributed by atoms with Crippen molar-refractivity contribution >= 4 is 11.6 Å². The summed E-state index contributed by atoms with van der Waals surface area (Å²) in [5.74, 6) is 0. The van der Waals surface area contributed by atoms with E-state index in [9.17, 15) is 0 Å². The van der Waals surface area contributed by atoms with Crippen molar-refractivity contribution in [1.82, 2.24) is 4.90 Å². The maximum atomic E-state index is 5.55. The molecule has 0 aromatic heterocycles. The fraction of sp³-hybridized carbons (Fsp3) is 0.385. The van der Waals surface area contributed by atoms with E-state index in [4.69, 9.17) is 17.3 Å². The topological polar surface area (TPSA) is 29.3 Å². The Morgan fingerprint density at radius 2 is 2.00 bits per heavy atom. The minimum atomic E-state index is 0.732. The lowest BCUT2D eigenvalue weighted by Crippen LogP contribution is -2.26. The van der Waals surface area contributed by atoms with E-state index < -0.39 is 0 Å². The van der Waals surface area contributed by atoms with Gasteiger partial charge in [-0.15, -0.1) is 0 Å². The summed E-state index contributed by atoms with van der Waals surface area (Å²) in [5.41, 5.74) is 8.42. The second-order valence-corrected chi connectivity index (χ2v) is 3.98. The molecule has 0 spiro atoms. The Morgan fingerprint density at radius 1 is 1.25 bits per heavy atom. The Hall–Kier alpha value is -0.830. The van der Waals surface area contributed by atoms with Gasteiger partial charge in [0.15, 0.2) is 0 Å². The molecule has 16 heavy (non-hydrogen) atoms. The number of rotatable bonds is 7. The lowest BCUT2D eigenvalue weighted by molar-refractivity contribution is 0.292. The third-order valence-corrected chi connectivity index (χ3v) is 2.56. The molecule has 0 aliphatic rings. The maximum Gasteiger partial charge on any atom is 0.0237 e. The number of benzene rings is 1. The third-order valence-electron chi connectivity index (χ3n) is 2.38. The average Bonchev–Trinajstić information content (AvgIpc) is 2.34. The minimum absolute atomic E-state index is 0.732. The number of hydrogen-bond acceptors (Lipinski definition) is 2. The van der Waals surface area contributed by atoms with Crippen LogP contribution in [0.4, 0.5) is 0 Å². The van der Waals surface area contributed by atoms with Gasteiger partial charge in [0.05, 0.1) is 0 Å². The quantitative estimate of drug-likeness (QED) is 0.791. The molecule has 0 unspecified atom stereocenters. The van der Waals surface area contributed by atoms with Crippen LogP contribution in [0.2, 0.25) is 0 Å². The molecule has 0 aliphatic heterocycles. The van der Waals surface area contributed by atoms with Crippen molar-refractivity contribution in [2.45, 2.75) is 13.0 Å². The number of halogens is 1. The van der Waals surface area contributed by atoms with E-state index in [-0.39, 0.29) is 0 Å². The molecule has 0 radical (unpaired) electrons. The van der Waals surface area contributed by atoms with Crippen LogP contribution in [0.1, 0.15) is 12.0 Å². The molecule has 0 saturated carbocycles. The Morgan fingerprint density at radius 3 is 2.62 bits per heavy atom. The van der Waals surface area contributed by atoms with Gasteiger partial charge in [0, 0.05) is 25.2 Å². The summed E-state index contributed by atoms with van der Waals surface area (Å²) in [5, 5.41) is 0. The predicted octanol–water partition coefficient (Wildman–Crippen LogP) is 2.59. The Kier molecular flexibility index (Phi) is 6.90. The van der Waals surface area contributed by atoms with Crippen molar-refractivity contribution in [3.63, 3.8) is 0 Å². The standard InChI is InChI=1S/C13H19ClN2/c14-8-4-10-16(11-5-9-15)12-13-6-2-1-3-7-13/h1-4,6-8H,5,9-12,15H2/b8-4+. The summed E-state index contributed by atoms with van der Waals surface area (Å²) in [7, 11) is 0. The first-order chi connectivity index (χ1) is 7.86. The maximum absolute atomic E-state index is 5.55. The molecule has 0 amide bonds. The molecule has 0 heterocycles.